The van der Waals surface area contributed by atoms with Crippen LogP contribution in [0, 0.1) is 0 Å². The second-order valence-corrected chi connectivity index (χ2v) is 4.52. The third kappa shape index (κ3) is 2.15. The third-order valence-electron chi connectivity index (χ3n) is 2.55. The van der Waals surface area contributed by atoms with Gasteiger partial charge in [0.2, 0.25) is 0 Å². The molecule has 2 nitrogen and oxygen atoms in total. The van der Waals surface area contributed by atoms with Crippen molar-refractivity contribution in [2.24, 2.45) is 0 Å². The molecular weight excluding hydrogens is 242 g/mol. The summed E-state index contributed by atoms with van der Waals surface area (Å²) >= 11 is 3.34. The van der Waals surface area contributed by atoms with Gasteiger partial charge in [0.05, 0.1) is 0 Å². The van der Waals surface area contributed by atoms with Crippen LogP contribution in [-0.4, -0.2) is 11.9 Å². The molecular formula is C11H12BrNO. The van der Waals surface area contributed by atoms with E-state index >= 15 is 0 Å². The van der Waals surface area contributed by atoms with Crippen LogP contribution in [0.25, 0.3) is 0 Å². The molecule has 1 N–H and O–H groups in total. The SMILES string of the molecule is O=C(NC1CCC1)c1ccc(Br)cc1. The number of hydrogen-bond donors (Lipinski definition) is 1. The molecule has 1 fully saturated rings. The molecule has 2 rings (SSSR count). The van der Waals surface area contributed by atoms with Crippen molar-refractivity contribution in [3.05, 3.63) is 34.3 Å². The first-order valence-corrected chi connectivity index (χ1v) is 5.61. The maximum atomic E-state index is 11.6. The van der Waals surface area contributed by atoms with Gasteiger partial charge in [0.15, 0.2) is 0 Å². The summed E-state index contributed by atoms with van der Waals surface area (Å²) in [5.74, 6) is 0.0437. The molecule has 0 aliphatic heterocycles. The van der Waals surface area contributed by atoms with Gasteiger partial charge in [0.1, 0.15) is 0 Å². The van der Waals surface area contributed by atoms with Crippen LogP contribution < -0.4 is 5.32 Å². The van der Waals surface area contributed by atoms with Gasteiger partial charge in [-0.25, -0.2) is 0 Å². The monoisotopic (exact) mass is 253 g/mol. The Morgan fingerprint density at radius 2 is 1.93 bits per heavy atom. The van der Waals surface area contributed by atoms with Gasteiger partial charge in [-0.2, -0.15) is 0 Å². The van der Waals surface area contributed by atoms with E-state index < -0.39 is 0 Å². The fourth-order valence-electron chi connectivity index (χ4n) is 1.42. The highest BCUT2D eigenvalue weighted by atomic mass is 79.9. The molecule has 1 amide bonds. The molecule has 1 aromatic carbocycles. The molecule has 74 valence electrons. The van der Waals surface area contributed by atoms with Crippen molar-refractivity contribution in [1.29, 1.82) is 0 Å². The molecule has 1 aliphatic carbocycles. The van der Waals surface area contributed by atoms with Crippen molar-refractivity contribution in [2.75, 3.05) is 0 Å². The summed E-state index contributed by atoms with van der Waals surface area (Å²) in [6, 6.07) is 7.84. The van der Waals surface area contributed by atoms with Crippen LogP contribution in [0.1, 0.15) is 29.6 Å². The van der Waals surface area contributed by atoms with Crippen molar-refractivity contribution in [2.45, 2.75) is 25.3 Å². The van der Waals surface area contributed by atoms with Gasteiger partial charge < -0.3 is 5.32 Å². The third-order valence-corrected chi connectivity index (χ3v) is 3.08. The first-order valence-electron chi connectivity index (χ1n) is 4.82. The first-order chi connectivity index (χ1) is 6.75. The summed E-state index contributed by atoms with van der Waals surface area (Å²) in [5.41, 5.74) is 0.736. The van der Waals surface area contributed by atoms with E-state index in [-0.39, 0.29) is 5.91 Å². The van der Waals surface area contributed by atoms with E-state index in [1.807, 2.05) is 24.3 Å². The highest BCUT2D eigenvalue weighted by Gasteiger charge is 2.19. The minimum atomic E-state index is 0.0437. The average molecular weight is 254 g/mol. The van der Waals surface area contributed by atoms with Crippen LogP contribution in [0.5, 0.6) is 0 Å². The quantitative estimate of drug-likeness (QED) is 0.863. The number of amides is 1. The predicted molar refractivity (Wildman–Crippen MR) is 59.2 cm³/mol. The van der Waals surface area contributed by atoms with Crippen LogP contribution in [0.15, 0.2) is 28.7 Å². The van der Waals surface area contributed by atoms with Crippen molar-refractivity contribution in [3.8, 4) is 0 Å². The molecule has 1 aliphatic rings. The molecule has 0 saturated heterocycles. The Morgan fingerprint density at radius 3 is 2.43 bits per heavy atom. The van der Waals surface area contributed by atoms with E-state index in [0.717, 1.165) is 22.9 Å². The zero-order valence-corrected chi connectivity index (χ0v) is 9.38. The number of carbonyl (C=O) groups is 1. The fourth-order valence-corrected chi connectivity index (χ4v) is 1.69. The molecule has 0 unspecified atom stereocenters. The van der Waals surface area contributed by atoms with Gasteiger partial charge in [-0.15, -0.1) is 0 Å². The van der Waals surface area contributed by atoms with Crippen LogP contribution in [0.2, 0.25) is 0 Å². The lowest BCUT2D eigenvalue weighted by Gasteiger charge is -2.26. The first kappa shape index (κ1) is 9.71. The molecule has 0 atom stereocenters. The summed E-state index contributed by atoms with van der Waals surface area (Å²) in [6.45, 7) is 0. The van der Waals surface area contributed by atoms with E-state index in [0.29, 0.717) is 6.04 Å². The van der Waals surface area contributed by atoms with E-state index in [2.05, 4.69) is 21.2 Å². The number of hydrogen-bond acceptors (Lipinski definition) is 1. The van der Waals surface area contributed by atoms with Crippen molar-refractivity contribution < 1.29 is 4.79 Å². The van der Waals surface area contributed by atoms with Gasteiger partial charge in [0, 0.05) is 16.1 Å². The molecule has 0 bridgehead atoms. The second kappa shape index (κ2) is 4.13. The molecule has 0 aromatic heterocycles. The summed E-state index contributed by atoms with van der Waals surface area (Å²) in [7, 11) is 0. The van der Waals surface area contributed by atoms with Gasteiger partial charge in [-0.3, -0.25) is 4.79 Å². The Hall–Kier alpha value is -0.830. The van der Waals surface area contributed by atoms with Crippen LogP contribution >= 0.6 is 15.9 Å². The van der Waals surface area contributed by atoms with Gasteiger partial charge in [-0.05, 0) is 43.5 Å². The Balaban J connectivity index is 1.99. The van der Waals surface area contributed by atoms with E-state index in [9.17, 15) is 4.79 Å². The zero-order chi connectivity index (χ0) is 9.97. The Morgan fingerprint density at radius 1 is 1.29 bits per heavy atom. The normalized spacial score (nSPS) is 16.1. The molecule has 1 aromatic rings. The zero-order valence-electron chi connectivity index (χ0n) is 7.79. The van der Waals surface area contributed by atoms with Crippen molar-refractivity contribution in [1.82, 2.24) is 5.32 Å². The predicted octanol–water partition coefficient (Wildman–Crippen LogP) is 2.73. The molecule has 0 heterocycles. The van der Waals surface area contributed by atoms with E-state index in [4.69, 9.17) is 0 Å². The number of carbonyl (C=O) groups excluding carboxylic acids is 1. The Bertz CT molecular complexity index is 330. The lowest BCUT2D eigenvalue weighted by Crippen LogP contribution is -2.39. The van der Waals surface area contributed by atoms with Gasteiger partial charge in [-0.1, -0.05) is 15.9 Å². The number of rotatable bonds is 2. The lowest BCUT2D eigenvalue weighted by atomic mass is 9.93. The maximum absolute atomic E-state index is 11.6. The smallest absolute Gasteiger partial charge is 0.251 e. The summed E-state index contributed by atoms with van der Waals surface area (Å²) in [6.07, 6.45) is 3.50. The van der Waals surface area contributed by atoms with Crippen LogP contribution in [0.4, 0.5) is 0 Å². The van der Waals surface area contributed by atoms with Crippen LogP contribution in [0.3, 0.4) is 0 Å². The summed E-state index contributed by atoms with van der Waals surface area (Å²) in [5, 5.41) is 3.00. The standard InChI is InChI=1S/C11H12BrNO/c12-9-6-4-8(5-7-9)11(14)13-10-2-1-3-10/h4-7,10H,1-3H2,(H,13,14). The molecule has 0 radical (unpaired) electrons. The van der Waals surface area contributed by atoms with Gasteiger partial charge >= 0.3 is 0 Å². The van der Waals surface area contributed by atoms with Crippen LogP contribution in [-0.2, 0) is 0 Å². The molecule has 1 saturated carbocycles. The van der Waals surface area contributed by atoms with Crippen molar-refractivity contribution in [3.63, 3.8) is 0 Å². The van der Waals surface area contributed by atoms with Crippen molar-refractivity contribution >= 4 is 21.8 Å². The largest absolute Gasteiger partial charge is 0.349 e. The second-order valence-electron chi connectivity index (χ2n) is 3.61. The van der Waals surface area contributed by atoms with Gasteiger partial charge in [0.25, 0.3) is 5.91 Å². The highest BCUT2D eigenvalue weighted by molar-refractivity contribution is 9.10. The Labute approximate surface area is 91.8 Å². The molecule has 0 spiro atoms. The number of halogens is 1. The maximum Gasteiger partial charge on any atom is 0.251 e. The molecule has 3 heteroatoms. The number of benzene rings is 1. The molecule has 14 heavy (non-hydrogen) atoms. The van der Waals surface area contributed by atoms with E-state index in [1.54, 1.807) is 0 Å². The van der Waals surface area contributed by atoms with E-state index in [1.165, 1.54) is 6.42 Å². The Kier molecular flexibility index (Phi) is 2.87. The summed E-state index contributed by atoms with van der Waals surface area (Å²) < 4.78 is 0.998. The number of nitrogens with one attached hydrogen (secondary N) is 1. The lowest BCUT2D eigenvalue weighted by molar-refractivity contribution is 0.0917. The topological polar surface area (TPSA) is 29.1 Å². The minimum absolute atomic E-state index is 0.0437. The fraction of sp³-hybridized carbons (Fsp3) is 0.364. The highest BCUT2D eigenvalue weighted by Crippen LogP contribution is 2.19. The minimum Gasteiger partial charge on any atom is -0.349 e. The summed E-state index contributed by atoms with van der Waals surface area (Å²) in [4.78, 5) is 11.6. The average Bonchev–Trinajstić information content (AvgIpc) is 2.12.